The fourth-order valence-electron chi connectivity index (χ4n) is 1.22. The van der Waals surface area contributed by atoms with Gasteiger partial charge in [-0.05, 0) is 19.1 Å². The number of carbonyl (C=O) groups is 1. The molecule has 72 valence electrons. The van der Waals surface area contributed by atoms with Crippen LogP contribution in [0.4, 0.5) is 10.5 Å². The molecule has 0 aliphatic carbocycles. The molecule has 1 heterocycles. The Morgan fingerprint density at radius 2 is 1.93 bits per heavy atom. The Morgan fingerprint density at radius 1 is 1.21 bits per heavy atom. The number of hydrogen-bond donors (Lipinski definition) is 2. The van der Waals surface area contributed by atoms with Crippen LogP contribution in [0.3, 0.4) is 0 Å². The van der Waals surface area contributed by atoms with Crippen LogP contribution < -0.4 is 15.8 Å². The van der Waals surface area contributed by atoms with Gasteiger partial charge in [0.05, 0.1) is 5.69 Å². The summed E-state index contributed by atoms with van der Waals surface area (Å²) in [6.45, 7) is 2.02. The van der Waals surface area contributed by atoms with E-state index in [9.17, 15) is 4.79 Å². The molecule has 0 saturated heterocycles. The minimum absolute atomic E-state index is 0.229. The molecule has 4 nitrogen and oxygen atoms in total. The first kappa shape index (κ1) is 8.62. The SMILES string of the molecule is Cc1ccc(N2C=CNC(=O)N2)cc1. The molecule has 0 fully saturated rings. The van der Waals surface area contributed by atoms with E-state index < -0.39 is 0 Å². The van der Waals surface area contributed by atoms with Crippen molar-refractivity contribution in [3.05, 3.63) is 42.2 Å². The van der Waals surface area contributed by atoms with E-state index in [0.717, 1.165) is 5.69 Å². The second-order valence-electron chi connectivity index (χ2n) is 3.11. The van der Waals surface area contributed by atoms with Crippen LogP contribution in [0.25, 0.3) is 0 Å². The molecule has 0 saturated carbocycles. The topological polar surface area (TPSA) is 44.4 Å². The van der Waals surface area contributed by atoms with Crippen LogP contribution in [-0.4, -0.2) is 6.03 Å². The standard InChI is InChI=1S/C10H11N3O/c1-8-2-4-9(5-3-8)13-7-6-11-10(14)12-13/h2-7H,1H3,(H2,11,12,14). The van der Waals surface area contributed by atoms with E-state index in [2.05, 4.69) is 10.7 Å². The molecule has 2 N–H and O–H groups in total. The van der Waals surface area contributed by atoms with Gasteiger partial charge in [-0.25, -0.2) is 10.2 Å². The van der Waals surface area contributed by atoms with Crippen molar-refractivity contribution in [2.45, 2.75) is 6.92 Å². The highest BCUT2D eigenvalue weighted by molar-refractivity contribution is 5.79. The quantitative estimate of drug-likeness (QED) is 0.703. The number of rotatable bonds is 1. The number of hydrazine groups is 1. The Morgan fingerprint density at radius 3 is 2.57 bits per heavy atom. The van der Waals surface area contributed by atoms with E-state index in [4.69, 9.17) is 0 Å². The third kappa shape index (κ3) is 1.69. The van der Waals surface area contributed by atoms with Crippen molar-refractivity contribution >= 4 is 11.7 Å². The van der Waals surface area contributed by atoms with E-state index in [1.807, 2.05) is 31.2 Å². The van der Waals surface area contributed by atoms with Crippen LogP contribution in [0, 0.1) is 6.92 Å². The van der Waals surface area contributed by atoms with Crippen molar-refractivity contribution in [1.29, 1.82) is 0 Å². The number of anilines is 1. The number of nitrogens with one attached hydrogen (secondary N) is 2. The van der Waals surface area contributed by atoms with Crippen LogP contribution in [0.5, 0.6) is 0 Å². The van der Waals surface area contributed by atoms with Gasteiger partial charge in [0.25, 0.3) is 0 Å². The minimum atomic E-state index is -0.229. The van der Waals surface area contributed by atoms with Crippen LogP contribution in [-0.2, 0) is 0 Å². The van der Waals surface area contributed by atoms with E-state index >= 15 is 0 Å². The third-order valence-corrected chi connectivity index (χ3v) is 1.97. The first-order valence-electron chi connectivity index (χ1n) is 4.35. The largest absolute Gasteiger partial charge is 0.337 e. The van der Waals surface area contributed by atoms with Gasteiger partial charge >= 0.3 is 6.03 Å². The Bertz CT molecular complexity index is 369. The summed E-state index contributed by atoms with van der Waals surface area (Å²) in [4.78, 5) is 11.0. The smallest absolute Gasteiger partial charge is 0.312 e. The van der Waals surface area contributed by atoms with Gasteiger partial charge in [-0.3, -0.25) is 5.01 Å². The van der Waals surface area contributed by atoms with E-state index in [1.54, 1.807) is 17.4 Å². The van der Waals surface area contributed by atoms with Gasteiger partial charge in [0, 0.05) is 12.4 Å². The van der Waals surface area contributed by atoms with Gasteiger partial charge in [-0.1, -0.05) is 17.7 Å². The first-order chi connectivity index (χ1) is 6.75. The van der Waals surface area contributed by atoms with Crippen molar-refractivity contribution in [2.75, 3.05) is 5.01 Å². The van der Waals surface area contributed by atoms with Crippen LogP contribution >= 0.6 is 0 Å². The molecule has 1 aromatic rings. The summed E-state index contributed by atoms with van der Waals surface area (Å²) in [5, 5.41) is 4.19. The van der Waals surface area contributed by atoms with Gasteiger partial charge in [-0.2, -0.15) is 0 Å². The molecular weight excluding hydrogens is 178 g/mol. The zero-order chi connectivity index (χ0) is 9.97. The van der Waals surface area contributed by atoms with E-state index in [0.29, 0.717) is 0 Å². The summed E-state index contributed by atoms with van der Waals surface area (Å²) in [5.74, 6) is 0. The summed E-state index contributed by atoms with van der Waals surface area (Å²) >= 11 is 0. The second-order valence-corrected chi connectivity index (χ2v) is 3.11. The molecule has 0 radical (unpaired) electrons. The highest BCUT2D eigenvalue weighted by Crippen LogP contribution is 2.14. The fraction of sp³-hybridized carbons (Fsp3) is 0.100. The molecule has 0 unspecified atom stereocenters. The maximum atomic E-state index is 11.0. The highest BCUT2D eigenvalue weighted by Gasteiger charge is 2.09. The van der Waals surface area contributed by atoms with Crippen molar-refractivity contribution in [3.63, 3.8) is 0 Å². The summed E-state index contributed by atoms with van der Waals surface area (Å²) in [5.41, 5.74) is 4.77. The number of nitrogens with zero attached hydrogens (tertiary/aromatic N) is 1. The summed E-state index contributed by atoms with van der Waals surface area (Å²) in [6, 6.07) is 7.67. The molecule has 2 rings (SSSR count). The third-order valence-electron chi connectivity index (χ3n) is 1.97. The van der Waals surface area contributed by atoms with E-state index in [-0.39, 0.29) is 6.03 Å². The molecule has 1 aliphatic heterocycles. The summed E-state index contributed by atoms with van der Waals surface area (Å²) < 4.78 is 0. The van der Waals surface area contributed by atoms with Gasteiger partial charge in [0.1, 0.15) is 0 Å². The minimum Gasteiger partial charge on any atom is -0.312 e. The molecule has 1 aliphatic rings. The molecule has 0 spiro atoms. The fourth-order valence-corrected chi connectivity index (χ4v) is 1.22. The molecule has 0 aromatic heterocycles. The number of aryl methyl sites for hydroxylation is 1. The molecule has 0 atom stereocenters. The summed E-state index contributed by atoms with van der Waals surface area (Å²) in [6.07, 6.45) is 3.35. The Balaban J connectivity index is 2.22. The molecule has 1 aromatic carbocycles. The number of carbonyl (C=O) groups excluding carboxylic acids is 1. The van der Waals surface area contributed by atoms with Crippen molar-refractivity contribution < 1.29 is 4.79 Å². The number of amides is 2. The average molecular weight is 189 g/mol. The molecule has 2 amide bonds. The maximum absolute atomic E-state index is 11.0. The van der Waals surface area contributed by atoms with Crippen LogP contribution in [0.15, 0.2) is 36.7 Å². The van der Waals surface area contributed by atoms with Crippen molar-refractivity contribution in [2.24, 2.45) is 0 Å². The molecule has 14 heavy (non-hydrogen) atoms. The zero-order valence-corrected chi connectivity index (χ0v) is 7.82. The zero-order valence-electron chi connectivity index (χ0n) is 7.82. The van der Waals surface area contributed by atoms with Gasteiger partial charge < -0.3 is 5.32 Å². The van der Waals surface area contributed by atoms with Gasteiger partial charge in [-0.15, -0.1) is 0 Å². The van der Waals surface area contributed by atoms with Crippen LogP contribution in [0.2, 0.25) is 0 Å². The lowest BCUT2D eigenvalue weighted by Gasteiger charge is -2.24. The van der Waals surface area contributed by atoms with Crippen molar-refractivity contribution in [1.82, 2.24) is 10.7 Å². The van der Waals surface area contributed by atoms with Crippen molar-refractivity contribution in [3.8, 4) is 0 Å². The predicted molar refractivity (Wildman–Crippen MR) is 54.5 cm³/mol. The number of urea groups is 1. The Labute approximate surface area is 82.2 Å². The molecule has 0 bridgehead atoms. The lowest BCUT2D eigenvalue weighted by atomic mass is 10.2. The molecular formula is C10H11N3O. The molecule has 4 heteroatoms. The van der Waals surface area contributed by atoms with Gasteiger partial charge in [0.15, 0.2) is 0 Å². The monoisotopic (exact) mass is 189 g/mol. The average Bonchev–Trinajstić information content (AvgIpc) is 2.19. The predicted octanol–water partition coefficient (Wildman–Crippen LogP) is 1.50. The van der Waals surface area contributed by atoms with Crippen LogP contribution in [0.1, 0.15) is 5.56 Å². The number of hydrogen-bond acceptors (Lipinski definition) is 2. The Hall–Kier alpha value is -1.97. The number of benzene rings is 1. The maximum Gasteiger partial charge on any atom is 0.337 e. The summed E-state index contributed by atoms with van der Waals surface area (Å²) in [7, 11) is 0. The first-order valence-corrected chi connectivity index (χ1v) is 4.35. The van der Waals surface area contributed by atoms with E-state index in [1.165, 1.54) is 5.56 Å². The van der Waals surface area contributed by atoms with Gasteiger partial charge in [0.2, 0.25) is 0 Å². The lowest BCUT2D eigenvalue weighted by Crippen LogP contribution is -2.46. The second kappa shape index (κ2) is 3.41. The Kier molecular flexibility index (Phi) is 2.10. The lowest BCUT2D eigenvalue weighted by molar-refractivity contribution is 0.243. The normalized spacial score (nSPS) is 14.9. The highest BCUT2D eigenvalue weighted by atomic mass is 16.2.